The second-order valence-electron chi connectivity index (χ2n) is 9.29. The highest BCUT2D eigenvalue weighted by Crippen LogP contribution is 2.32. The van der Waals surface area contributed by atoms with Crippen molar-refractivity contribution in [3.05, 3.63) is 109 Å². The minimum Gasteiger partial charge on any atom is -0.369 e. The summed E-state index contributed by atoms with van der Waals surface area (Å²) in [5.41, 5.74) is 6.98. The number of halogens is 1. The summed E-state index contributed by atoms with van der Waals surface area (Å²) in [6.07, 6.45) is 7.55. The molecule has 2 aromatic carbocycles. The Labute approximate surface area is 226 Å². The summed E-state index contributed by atoms with van der Waals surface area (Å²) in [7, 11) is 0. The van der Waals surface area contributed by atoms with Gasteiger partial charge in [-0.05, 0) is 29.8 Å². The number of hydrogen-bond donors (Lipinski definition) is 4. The number of nitrogens with one attached hydrogen (secondary N) is 3. The molecule has 0 fully saturated rings. The Hall–Kier alpha value is -5.48. The predicted molar refractivity (Wildman–Crippen MR) is 150 cm³/mol. The van der Waals surface area contributed by atoms with Crippen molar-refractivity contribution in [1.29, 1.82) is 0 Å². The van der Waals surface area contributed by atoms with Crippen LogP contribution in [0.15, 0.2) is 97.7 Å². The number of aliphatic hydroxyl groups is 1. The third-order valence-electron chi connectivity index (χ3n) is 6.65. The van der Waals surface area contributed by atoms with E-state index in [2.05, 4.69) is 35.5 Å². The molecule has 0 bridgehead atoms. The number of aromatic amines is 2. The van der Waals surface area contributed by atoms with Crippen molar-refractivity contribution in [2.24, 2.45) is 0 Å². The van der Waals surface area contributed by atoms with Gasteiger partial charge in [-0.3, -0.25) is 20.1 Å². The van der Waals surface area contributed by atoms with Gasteiger partial charge in [-0.2, -0.15) is 5.10 Å². The number of rotatable bonds is 6. The molecule has 0 spiro atoms. The summed E-state index contributed by atoms with van der Waals surface area (Å²) in [6.45, 7) is 0. The van der Waals surface area contributed by atoms with Crippen LogP contribution in [-0.2, 0) is 0 Å². The second kappa shape index (κ2) is 9.68. The molecule has 0 aliphatic rings. The number of benzene rings is 2. The Morgan fingerprint density at radius 2 is 1.70 bits per heavy atom. The fourth-order valence-corrected chi connectivity index (χ4v) is 4.70. The molecule has 0 saturated carbocycles. The molecule has 4 N–H and O–H groups in total. The molecule has 0 saturated heterocycles. The van der Waals surface area contributed by atoms with E-state index < -0.39 is 6.23 Å². The first-order valence-corrected chi connectivity index (χ1v) is 12.5. The number of aliphatic hydroxyl groups excluding tert-OH is 1. The van der Waals surface area contributed by atoms with Crippen LogP contribution in [-0.4, -0.2) is 40.2 Å². The van der Waals surface area contributed by atoms with Gasteiger partial charge in [0.2, 0.25) is 0 Å². The van der Waals surface area contributed by atoms with Crippen molar-refractivity contribution in [2.45, 2.75) is 6.23 Å². The van der Waals surface area contributed by atoms with Crippen molar-refractivity contribution in [2.75, 3.05) is 5.32 Å². The normalized spacial score (nSPS) is 12.2. The summed E-state index contributed by atoms with van der Waals surface area (Å²) in [4.78, 5) is 21.4. The van der Waals surface area contributed by atoms with Crippen molar-refractivity contribution < 1.29 is 9.50 Å². The van der Waals surface area contributed by atoms with E-state index >= 15 is 0 Å². The van der Waals surface area contributed by atoms with E-state index in [1.807, 2.05) is 48.5 Å². The first kappa shape index (κ1) is 23.6. The van der Waals surface area contributed by atoms with E-state index in [-0.39, 0.29) is 5.82 Å². The van der Waals surface area contributed by atoms with Crippen LogP contribution >= 0.6 is 0 Å². The third-order valence-corrected chi connectivity index (χ3v) is 6.65. The highest BCUT2D eigenvalue weighted by Gasteiger charge is 2.17. The average molecular weight is 529 g/mol. The molecule has 0 radical (unpaired) electrons. The zero-order chi connectivity index (χ0) is 27.1. The smallest absolute Gasteiger partial charge is 0.159 e. The zero-order valence-corrected chi connectivity index (χ0v) is 20.9. The van der Waals surface area contributed by atoms with Crippen molar-refractivity contribution in [3.63, 3.8) is 0 Å². The van der Waals surface area contributed by atoms with Crippen LogP contribution in [0.5, 0.6) is 0 Å². The molecule has 10 heteroatoms. The van der Waals surface area contributed by atoms with Gasteiger partial charge < -0.3 is 15.4 Å². The van der Waals surface area contributed by atoms with E-state index in [4.69, 9.17) is 4.98 Å². The zero-order valence-electron chi connectivity index (χ0n) is 20.9. The Balaban J connectivity index is 1.25. The SMILES string of the molecule is OC(Nc1cncc(-c2cc3c(-c4nc5c(-c6cccc(F)c6)cncc5[nH]4)n[nH]c3cn2)c1)c1ccccc1. The topological polar surface area (TPSA) is 128 Å². The van der Waals surface area contributed by atoms with Gasteiger partial charge in [0.25, 0.3) is 0 Å². The van der Waals surface area contributed by atoms with Gasteiger partial charge in [-0.25, -0.2) is 9.37 Å². The van der Waals surface area contributed by atoms with E-state index in [1.165, 1.54) is 12.1 Å². The van der Waals surface area contributed by atoms with Gasteiger partial charge in [-0.15, -0.1) is 0 Å². The molecule has 40 heavy (non-hydrogen) atoms. The average Bonchev–Trinajstić information content (AvgIpc) is 3.61. The van der Waals surface area contributed by atoms with Crippen LogP contribution < -0.4 is 5.32 Å². The van der Waals surface area contributed by atoms with Crippen molar-refractivity contribution in [3.8, 4) is 33.9 Å². The molecule has 7 rings (SSSR count). The van der Waals surface area contributed by atoms with Crippen LogP contribution in [0.25, 0.3) is 55.8 Å². The third kappa shape index (κ3) is 4.32. The maximum absolute atomic E-state index is 13.9. The molecule has 194 valence electrons. The van der Waals surface area contributed by atoms with Crippen LogP contribution in [0.3, 0.4) is 0 Å². The highest BCUT2D eigenvalue weighted by atomic mass is 19.1. The van der Waals surface area contributed by atoms with E-state index in [0.29, 0.717) is 39.5 Å². The van der Waals surface area contributed by atoms with E-state index in [0.717, 1.165) is 27.6 Å². The number of imidazole rings is 1. The summed E-state index contributed by atoms with van der Waals surface area (Å²) < 4.78 is 13.9. The molecule has 0 aliphatic carbocycles. The van der Waals surface area contributed by atoms with Crippen LogP contribution in [0.1, 0.15) is 11.8 Å². The van der Waals surface area contributed by atoms with Gasteiger partial charge in [0.05, 0.1) is 46.5 Å². The lowest BCUT2D eigenvalue weighted by atomic mass is 10.1. The molecule has 1 unspecified atom stereocenters. The minimum absolute atomic E-state index is 0.327. The first-order valence-electron chi connectivity index (χ1n) is 12.5. The molecule has 9 nitrogen and oxygen atoms in total. The molecule has 5 aromatic heterocycles. The van der Waals surface area contributed by atoms with Gasteiger partial charge in [0.1, 0.15) is 11.5 Å². The summed E-state index contributed by atoms with van der Waals surface area (Å²) in [5, 5.41) is 22.0. The summed E-state index contributed by atoms with van der Waals surface area (Å²) in [6, 6.07) is 19.5. The minimum atomic E-state index is -0.881. The Kier molecular flexibility index (Phi) is 5.72. The Bertz CT molecular complexity index is 1990. The maximum atomic E-state index is 13.9. The van der Waals surface area contributed by atoms with Crippen LogP contribution in [0.4, 0.5) is 10.1 Å². The number of nitrogens with zero attached hydrogens (tertiary/aromatic N) is 5. The molecule has 1 atom stereocenters. The quantitative estimate of drug-likeness (QED) is 0.199. The van der Waals surface area contributed by atoms with E-state index in [9.17, 15) is 9.50 Å². The molecule has 0 amide bonds. The number of pyridine rings is 3. The van der Waals surface area contributed by atoms with Crippen LogP contribution in [0.2, 0.25) is 0 Å². The van der Waals surface area contributed by atoms with E-state index in [1.54, 1.807) is 37.1 Å². The number of fused-ring (bicyclic) bond motifs is 2. The Morgan fingerprint density at radius 1 is 0.825 bits per heavy atom. The van der Waals surface area contributed by atoms with Crippen LogP contribution in [0, 0.1) is 5.82 Å². The number of H-pyrrole nitrogens is 2. The summed E-state index contributed by atoms with van der Waals surface area (Å²) in [5.74, 6) is 0.218. The predicted octanol–water partition coefficient (Wildman–Crippen LogP) is 5.87. The summed E-state index contributed by atoms with van der Waals surface area (Å²) >= 11 is 0. The van der Waals surface area contributed by atoms with Gasteiger partial charge in [0.15, 0.2) is 12.1 Å². The largest absolute Gasteiger partial charge is 0.369 e. The first-order chi connectivity index (χ1) is 19.6. The lowest BCUT2D eigenvalue weighted by Gasteiger charge is -2.14. The lowest BCUT2D eigenvalue weighted by Crippen LogP contribution is -2.09. The molecular formula is C30H21FN8O. The number of hydrogen-bond acceptors (Lipinski definition) is 7. The maximum Gasteiger partial charge on any atom is 0.159 e. The van der Waals surface area contributed by atoms with Crippen molar-refractivity contribution in [1.82, 2.24) is 35.1 Å². The molecular weight excluding hydrogens is 507 g/mol. The Morgan fingerprint density at radius 3 is 2.58 bits per heavy atom. The monoisotopic (exact) mass is 528 g/mol. The van der Waals surface area contributed by atoms with Crippen molar-refractivity contribution >= 4 is 27.6 Å². The lowest BCUT2D eigenvalue weighted by molar-refractivity contribution is 0.208. The molecule has 0 aliphatic heterocycles. The standard InChI is InChI=1S/C30H21FN8O/c31-20-8-4-7-18(9-20)23-14-33-15-26-27(23)37-29(36-26)28-22-11-24(34-16-25(22)38-39-28)19-10-21(13-32-12-19)35-30(40)17-5-2-1-3-6-17/h1-16,30,35,40H,(H,36,37)(H,38,39). The second-order valence-corrected chi connectivity index (χ2v) is 9.29. The highest BCUT2D eigenvalue weighted by molar-refractivity contribution is 5.97. The fourth-order valence-electron chi connectivity index (χ4n) is 4.70. The number of aromatic nitrogens is 7. The fraction of sp³-hybridized carbons (Fsp3) is 0.0333. The van der Waals surface area contributed by atoms with Gasteiger partial charge in [0, 0.05) is 34.5 Å². The van der Waals surface area contributed by atoms with Gasteiger partial charge >= 0.3 is 0 Å². The molecule has 5 heterocycles. The molecule has 7 aromatic rings. The number of anilines is 1. The van der Waals surface area contributed by atoms with Gasteiger partial charge in [-0.1, -0.05) is 42.5 Å².